The van der Waals surface area contributed by atoms with Crippen molar-refractivity contribution in [1.82, 2.24) is 10.3 Å². The van der Waals surface area contributed by atoms with Gasteiger partial charge in [0.05, 0.1) is 5.56 Å². The minimum absolute atomic E-state index is 0.0405. The van der Waals surface area contributed by atoms with Crippen molar-refractivity contribution in [2.45, 2.75) is 13.3 Å². The lowest BCUT2D eigenvalue weighted by Gasteiger charge is -2.10. The third-order valence-electron chi connectivity index (χ3n) is 2.12. The van der Waals surface area contributed by atoms with E-state index >= 15 is 0 Å². The molecule has 1 rings (SSSR count). The quantitative estimate of drug-likeness (QED) is 0.811. The van der Waals surface area contributed by atoms with Crippen LogP contribution in [0.25, 0.3) is 0 Å². The van der Waals surface area contributed by atoms with Gasteiger partial charge in [-0.25, -0.2) is 4.98 Å². The molecule has 1 unspecified atom stereocenters. The van der Waals surface area contributed by atoms with Crippen molar-refractivity contribution in [3.63, 3.8) is 0 Å². The molecule has 0 bridgehead atoms. The minimum Gasteiger partial charge on any atom is -0.481 e. The Balaban J connectivity index is 2.44. The van der Waals surface area contributed by atoms with Crippen LogP contribution in [0.15, 0.2) is 22.9 Å². The second kappa shape index (κ2) is 6.34. The zero-order chi connectivity index (χ0) is 12.8. The van der Waals surface area contributed by atoms with Gasteiger partial charge in [-0.2, -0.15) is 0 Å². The molecule has 5 nitrogen and oxygen atoms in total. The molecule has 0 aliphatic carbocycles. The summed E-state index contributed by atoms with van der Waals surface area (Å²) >= 11 is 3.18. The molecule has 1 aromatic heterocycles. The fraction of sp³-hybridized carbons (Fsp3) is 0.364. The number of nitrogens with one attached hydrogen (secondary N) is 1. The largest absolute Gasteiger partial charge is 0.481 e. The summed E-state index contributed by atoms with van der Waals surface area (Å²) in [6.07, 6.45) is 1.50. The third kappa shape index (κ3) is 4.95. The molecule has 0 radical (unpaired) electrons. The van der Waals surface area contributed by atoms with Crippen LogP contribution in [-0.2, 0) is 4.79 Å². The van der Waals surface area contributed by atoms with Crippen molar-refractivity contribution in [3.8, 4) is 0 Å². The topological polar surface area (TPSA) is 79.3 Å². The Hall–Kier alpha value is -1.43. The molecular formula is C11H13BrN2O3. The highest BCUT2D eigenvalue weighted by Gasteiger charge is 2.10. The first-order valence-electron chi connectivity index (χ1n) is 5.10. The minimum atomic E-state index is -0.864. The summed E-state index contributed by atoms with van der Waals surface area (Å²) < 4.78 is 0.660. The van der Waals surface area contributed by atoms with Gasteiger partial charge in [0.25, 0.3) is 5.91 Å². The lowest BCUT2D eigenvalue weighted by molar-refractivity contribution is -0.137. The van der Waals surface area contributed by atoms with Gasteiger partial charge in [-0.1, -0.05) is 6.92 Å². The molecular weight excluding hydrogens is 288 g/mol. The highest BCUT2D eigenvalue weighted by atomic mass is 79.9. The molecule has 0 aliphatic heterocycles. The summed E-state index contributed by atoms with van der Waals surface area (Å²) in [5.41, 5.74) is 0.454. The van der Waals surface area contributed by atoms with E-state index in [1.807, 2.05) is 0 Å². The average Bonchev–Trinajstić information content (AvgIpc) is 2.26. The highest BCUT2D eigenvalue weighted by molar-refractivity contribution is 9.10. The van der Waals surface area contributed by atoms with Crippen molar-refractivity contribution in [1.29, 1.82) is 0 Å². The fourth-order valence-corrected chi connectivity index (χ4v) is 1.48. The Bertz CT molecular complexity index is 406. The van der Waals surface area contributed by atoms with Gasteiger partial charge in [-0.05, 0) is 34.0 Å². The molecule has 17 heavy (non-hydrogen) atoms. The maximum absolute atomic E-state index is 11.6. The van der Waals surface area contributed by atoms with Crippen molar-refractivity contribution >= 4 is 27.8 Å². The van der Waals surface area contributed by atoms with E-state index in [0.29, 0.717) is 16.7 Å². The van der Waals surface area contributed by atoms with E-state index in [1.165, 1.54) is 6.20 Å². The first-order valence-corrected chi connectivity index (χ1v) is 5.90. The number of halogens is 1. The Morgan fingerprint density at radius 2 is 2.24 bits per heavy atom. The summed E-state index contributed by atoms with van der Waals surface area (Å²) in [5, 5.41) is 11.2. The second-order valence-corrected chi connectivity index (χ2v) is 4.60. The van der Waals surface area contributed by atoms with Crippen LogP contribution in [0.5, 0.6) is 0 Å². The van der Waals surface area contributed by atoms with Gasteiger partial charge in [-0.3, -0.25) is 9.59 Å². The second-order valence-electron chi connectivity index (χ2n) is 3.78. The van der Waals surface area contributed by atoms with Crippen LogP contribution in [0.2, 0.25) is 0 Å². The lowest BCUT2D eigenvalue weighted by atomic mass is 10.1. The van der Waals surface area contributed by atoms with Crippen molar-refractivity contribution in [2.75, 3.05) is 6.54 Å². The van der Waals surface area contributed by atoms with Crippen LogP contribution < -0.4 is 5.32 Å². The number of carboxylic acids is 1. The van der Waals surface area contributed by atoms with E-state index in [0.717, 1.165) is 0 Å². The molecule has 1 heterocycles. The number of amides is 1. The Morgan fingerprint density at radius 1 is 1.53 bits per heavy atom. The number of aromatic nitrogens is 1. The smallest absolute Gasteiger partial charge is 0.303 e. The number of nitrogens with zero attached hydrogens (tertiary/aromatic N) is 1. The maximum atomic E-state index is 11.6. The normalized spacial score (nSPS) is 11.9. The molecule has 6 heteroatoms. The molecule has 92 valence electrons. The van der Waals surface area contributed by atoms with Gasteiger partial charge in [0.15, 0.2) is 0 Å². The number of hydrogen-bond donors (Lipinski definition) is 2. The SMILES string of the molecule is CC(CNC(=O)c1ccc(Br)nc1)CC(=O)O. The van der Waals surface area contributed by atoms with Crippen molar-refractivity contribution in [3.05, 3.63) is 28.5 Å². The molecule has 0 fully saturated rings. The fourth-order valence-electron chi connectivity index (χ4n) is 1.25. The van der Waals surface area contributed by atoms with Gasteiger partial charge in [0.1, 0.15) is 4.60 Å². The van der Waals surface area contributed by atoms with Gasteiger partial charge < -0.3 is 10.4 Å². The molecule has 2 N–H and O–H groups in total. The molecule has 0 aromatic carbocycles. The average molecular weight is 301 g/mol. The van der Waals surface area contributed by atoms with Crippen LogP contribution in [0.4, 0.5) is 0 Å². The predicted octanol–water partition coefficient (Wildman–Crippen LogP) is 1.68. The number of carbonyl (C=O) groups excluding carboxylic acids is 1. The lowest BCUT2D eigenvalue weighted by Crippen LogP contribution is -2.29. The first-order chi connectivity index (χ1) is 7.99. The van der Waals surface area contributed by atoms with E-state index in [2.05, 4.69) is 26.2 Å². The number of pyridine rings is 1. The molecule has 0 saturated carbocycles. The number of carbonyl (C=O) groups is 2. The van der Waals surface area contributed by atoms with E-state index in [4.69, 9.17) is 5.11 Å². The number of carboxylic acid groups (broad SMARTS) is 1. The maximum Gasteiger partial charge on any atom is 0.303 e. The third-order valence-corrected chi connectivity index (χ3v) is 2.59. The number of aliphatic carboxylic acids is 1. The van der Waals surface area contributed by atoms with Crippen molar-refractivity contribution in [2.24, 2.45) is 5.92 Å². The zero-order valence-electron chi connectivity index (χ0n) is 9.31. The highest BCUT2D eigenvalue weighted by Crippen LogP contribution is 2.06. The molecule has 0 saturated heterocycles. The molecule has 1 aromatic rings. The summed E-state index contributed by atoms with van der Waals surface area (Å²) in [6, 6.07) is 3.32. The summed E-state index contributed by atoms with van der Waals surface area (Å²) in [5.74, 6) is -1.21. The zero-order valence-corrected chi connectivity index (χ0v) is 10.9. The van der Waals surface area contributed by atoms with Crippen LogP contribution in [0.1, 0.15) is 23.7 Å². The van der Waals surface area contributed by atoms with Crippen LogP contribution in [-0.4, -0.2) is 28.5 Å². The molecule has 1 atom stereocenters. The van der Waals surface area contributed by atoms with E-state index in [1.54, 1.807) is 19.1 Å². The molecule has 0 aliphatic rings. The van der Waals surface area contributed by atoms with Gasteiger partial charge in [-0.15, -0.1) is 0 Å². The van der Waals surface area contributed by atoms with Crippen LogP contribution in [0.3, 0.4) is 0 Å². The Labute approximate surface area is 107 Å². The van der Waals surface area contributed by atoms with Crippen molar-refractivity contribution < 1.29 is 14.7 Å². The van der Waals surface area contributed by atoms with Gasteiger partial charge >= 0.3 is 5.97 Å². The number of hydrogen-bond acceptors (Lipinski definition) is 3. The van der Waals surface area contributed by atoms with E-state index < -0.39 is 5.97 Å². The standard InChI is InChI=1S/C11H13BrN2O3/c1-7(4-10(15)16)5-14-11(17)8-2-3-9(12)13-6-8/h2-3,6-7H,4-5H2,1H3,(H,14,17)(H,15,16). The summed E-state index contributed by atoms with van der Waals surface area (Å²) in [6.45, 7) is 2.11. The Kier molecular flexibility index (Phi) is 5.09. The van der Waals surface area contributed by atoms with E-state index in [9.17, 15) is 9.59 Å². The molecule has 1 amide bonds. The predicted molar refractivity (Wildman–Crippen MR) is 65.7 cm³/mol. The Morgan fingerprint density at radius 3 is 2.76 bits per heavy atom. The summed E-state index contributed by atoms with van der Waals surface area (Å²) in [7, 11) is 0. The van der Waals surface area contributed by atoms with Crippen LogP contribution in [0, 0.1) is 5.92 Å². The van der Waals surface area contributed by atoms with Crippen LogP contribution >= 0.6 is 15.9 Å². The molecule has 0 spiro atoms. The summed E-state index contributed by atoms with van der Waals surface area (Å²) in [4.78, 5) is 26.0. The monoisotopic (exact) mass is 300 g/mol. The van der Waals surface area contributed by atoms with E-state index in [-0.39, 0.29) is 18.2 Å². The number of rotatable bonds is 5. The van der Waals surface area contributed by atoms with Gasteiger partial charge in [0.2, 0.25) is 0 Å². The van der Waals surface area contributed by atoms with Gasteiger partial charge in [0, 0.05) is 19.2 Å². The first kappa shape index (κ1) is 13.6.